The number of hydrogen-bond acceptors (Lipinski definition) is 2. The van der Waals surface area contributed by atoms with Gasteiger partial charge >= 0.3 is 0 Å². The van der Waals surface area contributed by atoms with Crippen molar-refractivity contribution < 1.29 is 9.90 Å². The summed E-state index contributed by atoms with van der Waals surface area (Å²) in [6.07, 6.45) is 17.5. The van der Waals surface area contributed by atoms with Crippen LogP contribution in [0.1, 0.15) is 96.5 Å². The first-order valence-corrected chi connectivity index (χ1v) is 10.9. The molecular weight excluding hydrogens is 334 g/mol. The van der Waals surface area contributed by atoms with Crippen LogP contribution in [0.4, 0.5) is 0 Å². The van der Waals surface area contributed by atoms with Gasteiger partial charge in [0.2, 0.25) is 5.91 Å². The molecule has 0 aliphatic carbocycles. The quantitative estimate of drug-likeness (QED) is 0.268. The summed E-state index contributed by atoms with van der Waals surface area (Å²) >= 11 is 0. The molecule has 0 bridgehead atoms. The number of rotatable bonds is 15. The van der Waals surface area contributed by atoms with Crippen molar-refractivity contribution in [2.45, 2.75) is 90.9 Å². The van der Waals surface area contributed by atoms with E-state index in [0.29, 0.717) is 0 Å². The number of aromatic hydroxyl groups is 1. The zero-order chi connectivity index (χ0) is 19.7. The molecule has 0 spiro atoms. The highest BCUT2D eigenvalue weighted by Gasteiger charge is 2.01. The Labute approximate surface area is 166 Å². The molecule has 3 heteroatoms. The summed E-state index contributed by atoms with van der Waals surface area (Å²) in [4.78, 5) is 12.0. The van der Waals surface area contributed by atoms with Gasteiger partial charge in [0.15, 0.2) is 0 Å². The Hall–Kier alpha value is -1.77. The molecule has 2 N–H and O–H groups in total. The van der Waals surface area contributed by atoms with Crippen molar-refractivity contribution >= 4 is 11.5 Å². The lowest BCUT2D eigenvalue weighted by Gasteiger charge is -2.05. The molecule has 0 heterocycles. The minimum Gasteiger partial charge on any atom is -0.508 e. The van der Waals surface area contributed by atoms with Crippen molar-refractivity contribution in [3.05, 3.63) is 35.9 Å². The minimum atomic E-state index is -0.0383. The third kappa shape index (κ3) is 12.3. The van der Waals surface area contributed by atoms with Crippen molar-refractivity contribution in [2.24, 2.45) is 0 Å². The van der Waals surface area contributed by atoms with Gasteiger partial charge in [-0.05, 0) is 36.6 Å². The molecule has 0 aliphatic rings. The molecule has 0 atom stereocenters. The number of hydrogen-bond donors (Lipinski definition) is 2. The number of benzene rings is 1. The highest BCUT2D eigenvalue weighted by Crippen LogP contribution is 2.17. The molecule has 0 unspecified atom stereocenters. The van der Waals surface area contributed by atoms with Crippen LogP contribution in [0.25, 0.3) is 5.57 Å². The fraction of sp³-hybridized carbons (Fsp3) is 0.625. The van der Waals surface area contributed by atoms with E-state index in [1.165, 1.54) is 70.6 Å². The van der Waals surface area contributed by atoms with Crippen LogP contribution in [0.5, 0.6) is 5.75 Å². The van der Waals surface area contributed by atoms with Crippen LogP contribution in [0.2, 0.25) is 0 Å². The van der Waals surface area contributed by atoms with Crippen LogP contribution >= 0.6 is 0 Å². The van der Waals surface area contributed by atoms with E-state index in [2.05, 4.69) is 12.2 Å². The molecule has 1 aromatic carbocycles. The third-order valence-electron chi connectivity index (χ3n) is 5.00. The highest BCUT2D eigenvalue weighted by molar-refractivity contribution is 5.94. The molecule has 0 saturated carbocycles. The molecule has 3 nitrogen and oxygen atoms in total. The van der Waals surface area contributed by atoms with Gasteiger partial charge in [-0.3, -0.25) is 4.79 Å². The molecule has 0 aromatic heterocycles. The molecule has 0 fully saturated rings. The van der Waals surface area contributed by atoms with E-state index < -0.39 is 0 Å². The number of nitrogens with one attached hydrogen (secondary N) is 1. The van der Waals surface area contributed by atoms with Crippen LogP contribution in [-0.2, 0) is 4.79 Å². The van der Waals surface area contributed by atoms with Gasteiger partial charge in [-0.25, -0.2) is 0 Å². The second-order valence-electron chi connectivity index (χ2n) is 7.55. The van der Waals surface area contributed by atoms with E-state index in [1.807, 2.05) is 19.1 Å². The van der Waals surface area contributed by atoms with E-state index in [9.17, 15) is 9.90 Å². The van der Waals surface area contributed by atoms with Crippen LogP contribution < -0.4 is 5.32 Å². The zero-order valence-electron chi connectivity index (χ0n) is 17.4. The zero-order valence-corrected chi connectivity index (χ0v) is 17.4. The monoisotopic (exact) mass is 373 g/mol. The molecule has 0 aliphatic heterocycles. The van der Waals surface area contributed by atoms with Crippen LogP contribution in [0.15, 0.2) is 30.3 Å². The first kappa shape index (κ1) is 23.3. The van der Waals surface area contributed by atoms with Crippen molar-refractivity contribution in [3.8, 4) is 5.75 Å². The molecule has 0 radical (unpaired) electrons. The van der Waals surface area contributed by atoms with Crippen molar-refractivity contribution in [1.82, 2.24) is 5.32 Å². The van der Waals surface area contributed by atoms with Gasteiger partial charge in [0, 0.05) is 12.6 Å². The maximum absolute atomic E-state index is 12.0. The minimum absolute atomic E-state index is 0.0383. The van der Waals surface area contributed by atoms with Crippen molar-refractivity contribution in [1.29, 1.82) is 0 Å². The van der Waals surface area contributed by atoms with Gasteiger partial charge in [-0.15, -0.1) is 0 Å². The van der Waals surface area contributed by atoms with Crippen molar-refractivity contribution in [2.75, 3.05) is 6.54 Å². The molecule has 1 amide bonds. The number of amides is 1. The topological polar surface area (TPSA) is 49.3 Å². The molecule has 0 saturated heterocycles. The van der Waals surface area contributed by atoms with Gasteiger partial charge in [0.25, 0.3) is 0 Å². The Morgan fingerprint density at radius 2 is 1.33 bits per heavy atom. The van der Waals surface area contributed by atoms with E-state index in [4.69, 9.17) is 0 Å². The Bertz CT molecular complexity index is 534. The number of phenols is 1. The standard InChI is InChI=1S/C24H39NO2/c1-3-4-5-6-7-8-9-10-11-12-13-14-19-25-24(27)20-21(2)22-15-17-23(26)18-16-22/h15-18,20,26H,3-14,19H2,1-2H3,(H,25,27). The van der Waals surface area contributed by atoms with Crippen LogP contribution in [0.3, 0.4) is 0 Å². The fourth-order valence-electron chi connectivity index (χ4n) is 3.23. The van der Waals surface area contributed by atoms with Gasteiger partial charge < -0.3 is 10.4 Å². The molecule has 152 valence electrons. The number of phenolic OH excluding ortho intramolecular Hbond substituents is 1. The summed E-state index contributed by atoms with van der Waals surface area (Å²) in [5.41, 5.74) is 1.86. The number of carbonyl (C=O) groups excluding carboxylic acids is 1. The summed E-state index contributed by atoms with van der Waals surface area (Å²) in [7, 11) is 0. The fourth-order valence-corrected chi connectivity index (χ4v) is 3.23. The lowest BCUT2D eigenvalue weighted by Crippen LogP contribution is -2.22. The Morgan fingerprint density at radius 3 is 1.85 bits per heavy atom. The number of unbranched alkanes of at least 4 members (excludes halogenated alkanes) is 11. The normalized spacial score (nSPS) is 11.6. The molecule has 27 heavy (non-hydrogen) atoms. The molecule has 1 aromatic rings. The van der Waals surface area contributed by atoms with E-state index >= 15 is 0 Å². The van der Waals surface area contributed by atoms with Gasteiger partial charge in [-0.1, -0.05) is 89.7 Å². The lowest BCUT2D eigenvalue weighted by molar-refractivity contribution is -0.116. The van der Waals surface area contributed by atoms with Gasteiger partial charge in [0.05, 0.1) is 0 Å². The number of carbonyl (C=O) groups is 1. The Balaban J connectivity index is 1.98. The van der Waals surface area contributed by atoms with Gasteiger partial charge in [-0.2, -0.15) is 0 Å². The smallest absolute Gasteiger partial charge is 0.244 e. The largest absolute Gasteiger partial charge is 0.508 e. The summed E-state index contributed by atoms with van der Waals surface area (Å²) in [5, 5.41) is 12.3. The third-order valence-corrected chi connectivity index (χ3v) is 5.00. The van der Waals surface area contributed by atoms with Gasteiger partial charge in [0.1, 0.15) is 5.75 Å². The average Bonchev–Trinajstić information content (AvgIpc) is 2.66. The lowest BCUT2D eigenvalue weighted by atomic mass is 10.1. The second kappa shape index (κ2) is 15.3. The Kier molecular flexibility index (Phi) is 13.2. The number of allylic oxidation sites excluding steroid dienone is 1. The Morgan fingerprint density at radius 1 is 0.852 bits per heavy atom. The SMILES string of the molecule is CCCCCCCCCCCCCCNC(=O)C=C(C)c1ccc(O)cc1. The van der Waals surface area contributed by atoms with Crippen LogP contribution in [-0.4, -0.2) is 17.6 Å². The van der Waals surface area contributed by atoms with Crippen LogP contribution in [0, 0.1) is 0 Å². The first-order valence-electron chi connectivity index (χ1n) is 10.9. The summed E-state index contributed by atoms with van der Waals surface area (Å²) in [6.45, 7) is 4.92. The predicted molar refractivity (Wildman–Crippen MR) is 116 cm³/mol. The highest BCUT2D eigenvalue weighted by atomic mass is 16.3. The maximum atomic E-state index is 12.0. The first-order chi connectivity index (χ1) is 13.1. The summed E-state index contributed by atoms with van der Waals surface area (Å²) in [6, 6.07) is 6.91. The van der Waals surface area contributed by atoms with E-state index in [0.717, 1.165) is 24.1 Å². The average molecular weight is 374 g/mol. The predicted octanol–water partition coefficient (Wildman–Crippen LogP) is 6.61. The van der Waals surface area contributed by atoms with E-state index in [1.54, 1.807) is 18.2 Å². The summed E-state index contributed by atoms with van der Waals surface area (Å²) in [5.74, 6) is 0.201. The van der Waals surface area contributed by atoms with E-state index in [-0.39, 0.29) is 11.7 Å². The maximum Gasteiger partial charge on any atom is 0.244 e. The molecule has 1 rings (SSSR count). The van der Waals surface area contributed by atoms with Crippen molar-refractivity contribution in [3.63, 3.8) is 0 Å². The molecular formula is C24H39NO2. The second-order valence-corrected chi connectivity index (χ2v) is 7.55. The summed E-state index contributed by atoms with van der Waals surface area (Å²) < 4.78 is 0.